The van der Waals surface area contributed by atoms with Gasteiger partial charge in [-0.3, -0.25) is 14.9 Å². The molecule has 3 aromatic carbocycles. The molecule has 206 valence electrons. The van der Waals surface area contributed by atoms with Gasteiger partial charge in [0.05, 0.1) is 0 Å². The van der Waals surface area contributed by atoms with Crippen LogP contribution in [0.4, 0.5) is 18.0 Å². The minimum Gasteiger partial charge on any atom is -0.480 e. The van der Waals surface area contributed by atoms with E-state index < -0.39 is 29.4 Å². The Morgan fingerprint density at radius 2 is 1.45 bits per heavy atom. The molecular formula is C30H26F3N3O4. The average molecular weight is 550 g/mol. The smallest absolute Gasteiger partial charge is 0.322 e. The molecule has 10 heteroatoms. The van der Waals surface area contributed by atoms with E-state index in [1.54, 1.807) is 29.2 Å². The van der Waals surface area contributed by atoms with Crippen molar-refractivity contribution in [2.45, 2.75) is 36.8 Å². The van der Waals surface area contributed by atoms with Crippen LogP contribution in [0.3, 0.4) is 0 Å². The Balaban J connectivity index is 1.22. The van der Waals surface area contributed by atoms with Gasteiger partial charge in [-0.05, 0) is 72.4 Å². The number of fused-ring (bicyclic) bond motifs is 2. The number of nitrogens with zero attached hydrogens (tertiary/aromatic N) is 1. The first-order valence-electron chi connectivity index (χ1n) is 13.1. The van der Waals surface area contributed by atoms with Crippen molar-refractivity contribution in [1.82, 2.24) is 15.5 Å². The van der Waals surface area contributed by atoms with E-state index in [0.717, 1.165) is 17.2 Å². The summed E-state index contributed by atoms with van der Waals surface area (Å²) in [5.74, 6) is -2.14. The monoisotopic (exact) mass is 549 g/mol. The van der Waals surface area contributed by atoms with E-state index in [-0.39, 0.29) is 47.1 Å². The normalized spacial score (nSPS) is 22.6. The molecule has 3 heterocycles. The number of nitrogens with one attached hydrogen (secondary N) is 2. The highest BCUT2D eigenvalue weighted by atomic mass is 19.1. The van der Waals surface area contributed by atoms with Gasteiger partial charge in [0, 0.05) is 31.0 Å². The highest BCUT2D eigenvalue weighted by Crippen LogP contribution is 2.43. The summed E-state index contributed by atoms with van der Waals surface area (Å²) >= 11 is 0. The van der Waals surface area contributed by atoms with Crippen LogP contribution in [0, 0.1) is 23.4 Å². The Bertz CT molecular complexity index is 1430. The fourth-order valence-corrected chi connectivity index (χ4v) is 6.22. The number of likely N-dealkylation sites (tertiary alicyclic amines) is 1. The Kier molecular flexibility index (Phi) is 6.48. The number of ether oxygens (including phenoxy) is 1. The highest BCUT2D eigenvalue weighted by molar-refractivity contribution is 6.08. The zero-order valence-corrected chi connectivity index (χ0v) is 21.3. The average Bonchev–Trinajstić information content (AvgIpc) is 3.23. The first kappa shape index (κ1) is 25.9. The Morgan fingerprint density at radius 3 is 2.00 bits per heavy atom. The van der Waals surface area contributed by atoms with Crippen LogP contribution in [0.2, 0.25) is 0 Å². The minimum absolute atomic E-state index is 0.0992. The van der Waals surface area contributed by atoms with Gasteiger partial charge in [-0.15, -0.1) is 0 Å². The third kappa shape index (κ3) is 4.57. The van der Waals surface area contributed by atoms with Crippen molar-refractivity contribution in [3.63, 3.8) is 0 Å². The van der Waals surface area contributed by atoms with E-state index in [9.17, 15) is 27.6 Å². The van der Waals surface area contributed by atoms with Crippen molar-refractivity contribution in [2.24, 2.45) is 5.92 Å². The lowest BCUT2D eigenvalue weighted by Gasteiger charge is -2.41. The summed E-state index contributed by atoms with van der Waals surface area (Å²) in [5, 5.41) is 4.78. The van der Waals surface area contributed by atoms with Gasteiger partial charge in [-0.2, -0.15) is 0 Å². The molecule has 40 heavy (non-hydrogen) atoms. The van der Waals surface area contributed by atoms with Gasteiger partial charge in [0.2, 0.25) is 0 Å². The second-order valence-corrected chi connectivity index (χ2v) is 10.5. The maximum Gasteiger partial charge on any atom is 0.322 e. The summed E-state index contributed by atoms with van der Waals surface area (Å²) in [6.07, 6.45) is 0.0149. The number of halogens is 3. The highest BCUT2D eigenvalue weighted by Gasteiger charge is 2.55. The zero-order valence-electron chi connectivity index (χ0n) is 21.3. The lowest BCUT2D eigenvalue weighted by Crippen LogP contribution is -2.55. The molecule has 3 aliphatic heterocycles. The molecule has 0 unspecified atom stereocenters. The predicted molar refractivity (Wildman–Crippen MR) is 138 cm³/mol. The zero-order chi connectivity index (χ0) is 28.0. The molecule has 0 aliphatic carbocycles. The number of imide groups is 1. The number of rotatable bonds is 4. The molecule has 3 aromatic rings. The van der Waals surface area contributed by atoms with Crippen molar-refractivity contribution >= 4 is 17.8 Å². The van der Waals surface area contributed by atoms with Crippen LogP contribution < -0.4 is 15.4 Å². The van der Waals surface area contributed by atoms with Crippen molar-refractivity contribution in [1.29, 1.82) is 0 Å². The standard InChI is InChI=1S/C30H26F3N3O4/c31-20-5-1-17(2-6-20)26(18-3-7-21(32)8-4-18)19-11-13-36(14-12-19)27(37)25-16-30(28(38)34-29(39)35-30)23-15-22(33)9-10-24(23)40-25/h1-10,15,19,25-26H,11-14,16H2,(H2,34,35,38,39)/t25-,30-/m1/s1. The Labute approximate surface area is 228 Å². The summed E-state index contributed by atoms with van der Waals surface area (Å²) in [6.45, 7) is 0.814. The number of hydrogen-bond acceptors (Lipinski definition) is 4. The maximum absolute atomic E-state index is 14.1. The number of carbonyl (C=O) groups is 3. The minimum atomic E-state index is -1.61. The van der Waals surface area contributed by atoms with Gasteiger partial charge < -0.3 is 15.0 Å². The molecule has 0 aromatic heterocycles. The molecular weight excluding hydrogens is 523 g/mol. The van der Waals surface area contributed by atoms with Crippen LogP contribution in [0.15, 0.2) is 66.7 Å². The second-order valence-electron chi connectivity index (χ2n) is 10.5. The van der Waals surface area contributed by atoms with Gasteiger partial charge in [0.25, 0.3) is 11.8 Å². The van der Waals surface area contributed by atoms with Crippen LogP contribution in [-0.4, -0.2) is 41.9 Å². The SMILES string of the molecule is O=C1NC(=O)[C@]2(C[C@H](C(=O)N3CCC(C(c4ccc(F)cc4)c4ccc(F)cc4)CC3)Oc3ccc(F)cc32)N1. The van der Waals surface area contributed by atoms with Crippen LogP contribution in [-0.2, 0) is 15.1 Å². The van der Waals surface area contributed by atoms with Crippen LogP contribution in [0.1, 0.15) is 41.9 Å². The number of amides is 4. The summed E-state index contributed by atoms with van der Waals surface area (Å²) in [7, 11) is 0. The molecule has 2 N–H and O–H groups in total. The van der Waals surface area contributed by atoms with Gasteiger partial charge in [-0.1, -0.05) is 24.3 Å². The first-order valence-corrected chi connectivity index (χ1v) is 13.1. The third-order valence-electron chi connectivity index (χ3n) is 8.16. The van der Waals surface area contributed by atoms with Gasteiger partial charge in [-0.25, -0.2) is 18.0 Å². The fourth-order valence-electron chi connectivity index (χ4n) is 6.22. The molecule has 6 rings (SSSR count). The van der Waals surface area contributed by atoms with E-state index in [4.69, 9.17) is 4.74 Å². The fraction of sp³-hybridized carbons (Fsp3) is 0.300. The summed E-state index contributed by atoms with van der Waals surface area (Å²) in [6, 6.07) is 15.5. The molecule has 4 amide bonds. The maximum atomic E-state index is 14.1. The van der Waals surface area contributed by atoms with Gasteiger partial charge >= 0.3 is 6.03 Å². The molecule has 7 nitrogen and oxygen atoms in total. The van der Waals surface area contributed by atoms with Gasteiger partial charge in [0.15, 0.2) is 11.6 Å². The molecule has 3 aliphatic rings. The van der Waals surface area contributed by atoms with Crippen LogP contribution in [0.25, 0.3) is 0 Å². The molecule has 1 spiro atoms. The molecule has 0 bridgehead atoms. The molecule has 0 radical (unpaired) electrons. The van der Waals surface area contributed by atoms with Crippen molar-refractivity contribution < 1.29 is 32.3 Å². The lowest BCUT2D eigenvalue weighted by molar-refractivity contribution is -0.143. The van der Waals surface area contributed by atoms with Gasteiger partial charge in [0.1, 0.15) is 23.2 Å². The van der Waals surface area contributed by atoms with E-state index in [1.807, 2.05) is 0 Å². The lowest BCUT2D eigenvalue weighted by atomic mass is 9.76. The van der Waals surface area contributed by atoms with Crippen molar-refractivity contribution in [2.75, 3.05) is 13.1 Å². The number of carbonyl (C=O) groups excluding carboxylic acids is 3. The van der Waals surface area contributed by atoms with E-state index in [2.05, 4.69) is 10.6 Å². The first-order chi connectivity index (χ1) is 19.2. The van der Waals surface area contributed by atoms with E-state index in [0.29, 0.717) is 25.9 Å². The predicted octanol–water partition coefficient (Wildman–Crippen LogP) is 4.36. The number of piperidine rings is 1. The van der Waals surface area contributed by atoms with E-state index >= 15 is 0 Å². The quantitative estimate of drug-likeness (QED) is 0.474. The van der Waals surface area contributed by atoms with Crippen molar-refractivity contribution in [3.8, 4) is 5.75 Å². The summed E-state index contributed by atoms with van der Waals surface area (Å²) < 4.78 is 47.3. The Hall–Kier alpha value is -4.34. The van der Waals surface area contributed by atoms with E-state index in [1.165, 1.54) is 36.4 Å². The van der Waals surface area contributed by atoms with Crippen LogP contribution in [0.5, 0.6) is 5.75 Å². The number of hydrogen-bond donors (Lipinski definition) is 2. The number of benzene rings is 3. The second kappa shape index (κ2) is 10.0. The summed E-state index contributed by atoms with van der Waals surface area (Å²) in [5.41, 5.74) is 0.367. The molecule has 2 saturated heterocycles. The molecule has 2 fully saturated rings. The topological polar surface area (TPSA) is 87.7 Å². The number of urea groups is 1. The molecule has 0 saturated carbocycles. The van der Waals surface area contributed by atoms with Crippen LogP contribution >= 0.6 is 0 Å². The van der Waals surface area contributed by atoms with Crippen molar-refractivity contribution in [3.05, 3.63) is 101 Å². The largest absolute Gasteiger partial charge is 0.480 e. The summed E-state index contributed by atoms with van der Waals surface area (Å²) in [4.78, 5) is 40.2. The molecule has 2 atom stereocenters. The Morgan fingerprint density at radius 1 is 0.875 bits per heavy atom. The third-order valence-corrected chi connectivity index (χ3v) is 8.16.